The predicted molar refractivity (Wildman–Crippen MR) is 76.4 cm³/mol. The molecule has 94 valence electrons. The Hall–Kier alpha value is -0.800. The standard InChI is InChI=1S/C14H20BrNO/c1-3-5-10-17-14-12(11-16-9-4-2)7-6-8-13(14)15/h3,5-8,16H,4,9-11H2,1-2H3/b5-3+. The molecule has 0 atom stereocenters. The number of ether oxygens (including phenoxy) is 1. The third-order valence-corrected chi connectivity index (χ3v) is 2.97. The van der Waals surface area contributed by atoms with Gasteiger partial charge in [-0.3, -0.25) is 0 Å². The van der Waals surface area contributed by atoms with Gasteiger partial charge in [0.1, 0.15) is 12.4 Å². The number of benzene rings is 1. The van der Waals surface area contributed by atoms with E-state index in [1.165, 1.54) is 5.56 Å². The molecule has 0 aromatic heterocycles. The molecule has 0 aliphatic carbocycles. The Morgan fingerprint density at radius 2 is 2.24 bits per heavy atom. The van der Waals surface area contributed by atoms with Crippen LogP contribution in [-0.4, -0.2) is 13.2 Å². The summed E-state index contributed by atoms with van der Waals surface area (Å²) < 4.78 is 6.78. The maximum atomic E-state index is 5.77. The van der Waals surface area contributed by atoms with Gasteiger partial charge in [-0.1, -0.05) is 31.2 Å². The second-order valence-electron chi connectivity index (χ2n) is 3.78. The normalized spacial score (nSPS) is 11.0. The minimum Gasteiger partial charge on any atom is -0.488 e. The fourth-order valence-electron chi connectivity index (χ4n) is 1.48. The molecule has 0 aliphatic rings. The van der Waals surface area contributed by atoms with Gasteiger partial charge < -0.3 is 10.1 Å². The van der Waals surface area contributed by atoms with Crippen LogP contribution in [-0.2, 0) is 6.54 Å². The lowest BCUT2D eigenvalue weighted by molar-refractivity contribution is 0.355. The number of hydrogen-bond acceptors (Lipinski definition) is 2. The largest absolute Gasteiger partial charge is 0.488 e. The number of rotatable bonds is 7. The highest BCUT2D eigenvalue weighted by molar-refractivity contribution is 9.10. The van der Waals surface area contributed by atoms with Crippen LogP contribution in [0.15, 0.2) is 34.8 Å². The molecular formula is C14H20BrNO. The first kappa shape index (κ1) is 14.3. The molecule has 0 spiro atoms. The number of halogens is 1. The number of nitrogens with one attached hydrogen (secondary N) is 1. The smallest absolute Gasteiger partial charge is 0.138 e. The molecule has 0 bridgehead atoms. The van der Waals surface area contributed by atoms with Crippen molar-refractivity contribution in [3.05, 3.63) is 40.4 Å². The van der Waals surface area contributed by atoms with E-state index in [0.29, 0.717) is 6.61 Å². The van der Waals surface area contributed by atoms with E-state index in [9.17, 15) is 0 Å². The van der Waals surface area contributed by atoms with E-state index in [-0.39, 0.29) is 0 Å². The summed E-state index contributed by atoms with van der Waals surface area (Å²) in [7, 11) is 0. The van der Waals surface area contributed by atoms with Gasteiger partial charge in [-0.15, -0.1) is 0 Å². The molecule has 0 unspecified atom stereocenters. The van der Waals surface area contributed by atoms with E-state index in [1.807, 2.05) is 31.2 Å². The minimum absolute atomic E-state index is 0.611. The molecule has 0 saturated heterocycles. The second kappa shape index (κ2) is 8.31. The van der Waals surface area contributed by atoms with Crippen molar-refractivity contribution in [3.8, 4) is 5.75 Å². The molecule has 0 aliphatic heterocycles. The van der Waals surface area contributed by atoms with E-state index in [4.69, 9.17) is 4.74 Å². The van der Waals surface area contributed by atoms with Gasteiger partial charge in [0.25, 0.3) is 0 Å². The van der Waals surface area contributed by atoms with Crippen molar-refractivity contribution in [3.63, 3.8) is 0 Å². The van der Waals surface area contributed by atoms with Crippen LogP contribution < -0.4 is 10.1 Å². The summed E-state index contributed by atoms with van der Waals surface area (Å²) in [6.07, 6.45) is 5.14. The molecule has 0 heterocycles. The first-order valence-electron chi connectivity index (χ1n) is 6.01. The van der Waals surface area contributed by atoms with Gasteiger partial charge in [-0.2, -0.15) is 0 Å². The molecule has 3 heteroatoms. The molecule has 1 rings (SSSR count). The Labute approximate surface area is 112 Å². The fraction of sp³-hybridized carbons (Fsp3) is 0.429. The zero-order valence-electron chi connectivity index (χ0n) is 10.5. The lowest BCUT2D eigenvalue weighted by atomic mass is 10.2. The maximum absolute atomic E-state index is 5.77. The van der Waals surface area contributed by atoms with Crippen LogP contribution in [0.2, 0.25) is 0 Å². The van der Waals surface area contributed by atoms with Crippen LogP contribution in [0.5, 0.6) is 5.75 Å². The lowest BCUT2D eigenvalue weighted by Gasteiger charge is -2.12. The fourth-order valence-corrected chi connectivity index (χ4v) is 2.00. The van der Waals surface area contributed by atoms with Gasteiger partial charge in [0, 0.05) is 12.1 Å². The zero-order valence-corrected chi connectivity index (χ0v) is 12.1. The summed E-state index contributed by atoms with van der Waals surface area (Å²) in [6, 6.07) is 6.14. The van der Waals surface area contributed by atoms with Crippen LogP contribution in [0.4, 0.5) is 0 Å². The third-order valence-electron chi connectivity index (χ3n) is 2.35. The topological polar surface area (TPSA) is 21.3 Å². The van der Waals surface area contributed by atoms with Crippen molar-refractivity contribution < 1.29 is 4.74 Å². The van der Waals surface area contributed by atoms with Crippen LogP contribution >= 0.6 is 15.9 Å². The Morgan fingerprint density at radius 3 is 2.94 bits per heavy atom. The third kappa shape index (κ3) is 4.92. The molecule has 0 radical (unpaired) electrons. The number of para-hydroxylation sites is 1. The van der Waals surface area contributed by atoms with E-state index in [0.717, 1.165) is 29.7 Å². The molecule has 0 saturated carbocycles. The first-order chi connectivity index (χ1) is 8.29. The average molecular weight is 298 g/mol. The predicted octanol–water partition coefficient (Wildman–Crippen LogP) is 3.90. The molecule has 1 aromatic rings. The highest BCUT2D eigenvalue weighted by Crippen LogP contribution is 2.29. The molecule has 0 amide bonds. The van der Waals surface area contributed by atoms with Crippen molar-refractivity contribution in [2.75, 3.05) is 13.2 Å². The quantitative estimate of drug-likeness (QED) is 0.609. The van der Waals surface area contributed by atoms with Crippen molar-refractivity contribution in [2.45, 2.75) is 26.8 Å². The molecule has 2 nitrogen and oxygen atoms in total. The lowest BCUT2D eigenvalue weighted by Crippen LogP contribution is -2.14. The van der Waals surface area contributed by atoms with Crippen LogP contribution in [0, 0.1) is 0 Å². The van der Waals surface area contributed by atoms with Gasteiger partial charge in [-0.05, 0) is 41.9 Å². The Bertz CT molecular complexity index is 363. The average Bonchev–Trinajstić information content (AvgIpc) is 2.33. The van der Waals surface area contributed by atoms with E-state index in [2.05, 4.69) is 34.2 Å². The van der Waals surface area contributed by atoms with E-state index >= 15 is 0 Å². The van der Waals surface area contributed by atoms with Gasteiger partial charge in [0.05, 0.1) is 4.47 Å². The van der Waals surface area contributed by atoms with Gasteiger partial charge in [0.2, 0.25) is 0 Å². The molecule has 0 fully saturated rings. The van der Waals surface area contributed by atoms with Crippen LogP contribution in [0.25, 0.3) is 0 Å². The SMILES string of the molecule is C/C=C/COc1c(Br)cccc1CNCCC. The maximum Gasteiger partial charge on any atom is 0.138 e. The Morgan fingerprint density at radius 1 is 1.41 bits per heavy atom. The molecule has 1 aromatic carbocycles. The van der Waals surface area contributed by atoms with Crippen molar-refractivity contribution >= 4 is 15.9 Å². The monoisotopic (exact) mass is 297 g/mol. The molecule has 1 N–H and O–H groups in total. The summed E-state index contributed by atoms with van der Waals surface area (Å²) in [5, 5.41) is 3.39. The highest BCUT2D eigenvalue weighted by atomic mass is 79.9. The van der Waals surface area contributed by atoms with E-state index < -0.39 is 0 Å². The van der Waals surface area contributed by atoms with E-state index in [1.54, 1.807) is 0 Å². The Kier molecular flexibility index (Phi) is 6.97. The summed E-state index contributed by atoms with van der Waals surface area (Å²) in [5.74, 6) is 0.939. The Balaban J connectivity index is 2.69. The van der Waals surface area contributed by atoms with Crippen molar-refractivity contribution in [2.24, 2.45) is 0 Å². The summed E-state index contributed by atoms with van der Waals surface area (Å²) in [4.78, 5) is 0. The second-order valence-corrected chi connectivity index (χ2v) is 4.64. The van der Waals surface area contributed by atoms with Gasteiger partial charge in [0.15, 0.2) is 0 Å². The number of allylic oxidation sites excluding steroid dienone is 1. The van der Waals surface area contributed by atoms with Crippen molar-refractivity contribution in [1.29, 1.82) is 0 Å². The summed E-state index contributed by atoms with van der Waals surface area (Å²) in [6.45, 7) is 6.64. The zero-order chi connectivity index (χ0) is 12.5. The van der Waals surface area contributed by atoms with Crippen LogP contribution in [0.1, 0.15) is 25.8 Å². The van der Waals surface area contributed by atoms with Crippen molar-refractivity contribution in [1.82, 2.24) is 5.32 Å². The minimum atomic E-state index is 0.611. The van der Waals surface area contributed by atoms with Crippen LogP contribution in [0.3, 0.4) is 0 Å². The molecular weight excluding hydrogens is 278 g/mol. The first-order valence-corrected chi connectivity index (χ1v) is 6.81. The number of hydrogen-bond donors (Lipinski definition) is 1. The van der Waals surface area contributed by atoms with Gasteiger partial charge >= 0.3 is 0 Å². The van der Waals surface area contributed by atoms with Gasteiger partial charge in [-0.25, -0.2) is 0 Å². The molecule has 17 heavy (non-hydrogen) atoms. The highest BCUT2D eigenvalue weighted by Gasteiger charge is 2.06. The summed E-state index contributed by atoms with van der Waals surface area (Å²) >= 11 is 3.53. The summed E-state index contributed by atoms with van der Waals surface area (Å²) in [5.41, 5.74) is 1.19.